The van der Waals surface area contributed by atoms with Crippen molar-refractivity contribution in [2.24, 2.45) is 0 Å². The lowest BCUT2D eigenvalue weighted by molar-refractivity contribution is 0.0933. The van der Waals surface area contributed by atoms with Crippen LogP contribution in [0.25, 0.3) is 0 Å². The van der Waals surface area contributed by atoms with E-state index in [0.717, 1.165) is 25.8 Å². The Hall–Kier alpha value is -1.65. The monoisotopic (exact) mass is 250 g/mol. The number of carbonyl (C=O) groups excluding carboxylic acids is 1. The smallest absolute Gasteiger partial charge is 0.272 e. The van der Waals surface area contributed by atoms with Crippen molar-refractivity contribution in [2.75, 3.05) is 11.9 Å². The van der Waals surface area contributed by atoms with Crippen LogP contribution >= 0.6 is 0 Å². The van der Waals surface area contributed by atoms with E-state index in [4.69, 9.17) is 0 Å². The van der Waals surface area contributed by atoms with Gasteiger partial charge in [0, 0.05) is 12.6 Å². The van der Waals surface area contributed by atoms with Crippen molar-refractivity contribution in [3.8, 4) is 0 Å². The Kier molecular flexibility index (Phi) is 6.11. The van der Waals surface area contributed by atoms with E-state index in [1.807, 2.05) is 13.8 Å². The maximum absolute atomic E-state index is 11.8. The van der Waals surface area contributed by atoms with Gasteiger partial charge in [-0.05, 0) is 31.9 Å². The first kappa shape index (κ1) is 14.4. The van der Waals surface area contributed by atoms with Crippen LogP contribution in [-0.2, 0) is 0 Å². The highest BCUT2D eigenvalue weighted by atomic mass is 16.2. The molecule has 0 aliphatic rings. The van der Waals surface area contributed by atoms with Crippen LogP contribution in [0.15, 0.2) is 12.1 Å². The summed E-state index contributed by atoms with van der Waals surface area (Å²) >= 11 is 0. The van der Waals surface area contributed by atoms with Crippen molar-refractivity contribution in [3.05, 3.63) is 17.8 Å². The van der Waals surface area contributed by atoms with Crippen molar-refractivity contribution in [1.82, 2.24) is 15.5 Å². The van der Waals surface area contributed by atoms with Gasteiger partial charge in [-0.15, -0.1) is 10.2 Å². The van der Waals surface area contributed by atoms with Crippen molar-refractivity contribution >= 4 is 11.7 Å². The first-order chi connectivity index (χ1) is 8.67. The summed E-state index contributed by atoms with van der Waals surface area (Å²) in [5.41, 5.74) is 0.358. The fourth-order valence-electron chi connectivity index (χ4n) is 1.34. The van der Waals surface area contributed by atoms with Crippen LogP contribution in [0.4, 0.5) is 5.82 Å². The predicted molar refractivity (Wildman–Crippen MR) is 72.6 cm³/mol. The van der Waals surface area contributed by atoms with Gasteiger partial charge in [0.25, 0.3) is 5.91 Å². The molecule has 2 N–H and O–H groups in total. The Bertz CT molecular complexity index is 364. The van der Waals surface area contributed by atoms with Crippen molar-refractivity contribution in [3.63, 3.8) is 0 Å². The minimum absolute atomic E-state index is 0.154. The van der Waals surface area contributed by atoms with Crippen LogP contribution in [-0.4, -0.2) is 28.7 Å². The summed E-state index contributed by atoms with van der Waals surface area (Å²) < 4.78 is 0. The van der Waals surface area contributed by atoms with E-state index in [1.165, 1.54) is 0 Å². The Morgan fingerprint density at radius 1 is 1.33 bits per heavy atom. The van der Waals surface area contributed by atoms with Gasteiger partial charge in [-0.1, -0.05) is 20.3 Å². The Balaban J connectivity index is 2.51. The fourth-order valence-corrected chi connectivity index (χ4v) is 1.34. The molecule has 5 heteroatoms. The lowest BCUT2D eigenvalue weighted by atomic mass is 10.2. The highest BCUT2D eigenvalue weighted by Crippen LogP contribution is 2.03. The third-order valence-corrected chi connectivity index (χ3v) is 2.72. The Morgan fingerprint density at radius 3 is 2.67 bits per heavy atom. The molecule has 0 aliphatic heterocycles. The number of aromatic nitrogens is 2. The quantitative estimate of drug-likeness (QED) is 0.728. The van der Waals surface area contributed by atoms with Gasteiger partial charge >= 0.3 is 0 Å². The summed E-state index contributed by atoms with van der Waals surface area (Å²) in [5, 5.41) is 13.9. The van der Waals surface area contributed by atoms with E-state index in [0.29, 0.717) is 11.5 Å². The van der Waals surface area contributed by atoms with E-state index >= 15 is 0 Å². The van der Waals surface area contributed by atoms with Crippen molar-refractivity contribution in [2.45, 2.75) is 46.1 Å². The molecule has 0 saturated heterocycles. The molecule has 0 radical (unpaired) electrons. The highest BCUT2D eigenvalue weighted by molar-refractivity contribution is 5.92. The molecule has 0 saturated carbocycles. The summed E-state index contributed by atoms with van der Waals surface area (Å²) in [6.07, 6.45) is 3.13. The molecule has 0 fully saturated rings. The molecular weight excluding hydrogens is 228 g/mol. The maximum atomic E-state index is 11.8. The lowest BCUT2D eigenvalue weighted by Gasteiger charge is -2.10. The van der Waals surface area contributed by atoms with E-state index in [-0.39, 0.29) is 11.9 Å². The maximum Gasteiger partial charge on any atom is 0.272 e. The minimum atomic E-state index is -0.169. The van der Waals surface area contributed by atoms with Crippen LogP contribution in [0.5, 0.6) is 0 Å². The van der Waals surface area contributed by atoms with Crippen LogP contribution in [0.1, 0.15) is 50.5 Å². The Morgan fingerprint density at radius 2 is 2.11 bits per heavy atom. The van der Waals surface area contributed by atoms with Gasteiger partial charge < -0.3 is 10.6 Å². The number of nitrogens with one attached hydrogen (secondary N) is 2. The number of unbranched alkanes of at least 4 members (excludes halogenated alkanes) is 1. The van der Waals surface area contributed by atoms with Gasteiger partial charge in [0.2, 0.25) is 0 Å². The molecule has 1 heterocycles. The fraction of sp³-hybridized carbons (Fsp3) is 0.615. The van der Waals surface area contributed by atoms with Gasteiger partial charge in [-0.2, -0.15) is 0 Å². The summed E-state index contributed by atoms with van der Waals surface area (Å²) in [6.45, 7) is 7.00. The number of rotatable bonds is 7. The zero-order valence-corrected chi connectivity index (χ0v) is 11.4. The zero-order chi connectivity index (χ0) is 13.4. The number of hydrogen-bond acceptors (Lipinski definition) is 4. The minimum Gasteiger partial charge on any atom is -0.369 e. The van der Waals surface area contributed by atoms with Crippen molar-refractivity contribution in [1.29, 1.82) is 0 Å². The predicted octanol–water partition coefficient (Wildman–Crippen LogP) is 2.22. The van der Waals surface area contributed by atoms with E-state index in [2.05, 4.69) is 27.8 Å². The topological polar surface area (TPSA) is 66.9 Å². The molecule has 1 atom stereocenters. The van der Waals surface area contributed by atoms with Crippen LogP contribution in [0.2, 0.25) is 0 Å². The summed E-state index contributed by atoms with van der Waals surface area (Å²) in [5.74, 6) is 0.542. The second-order valence-electron chi connectivity index (χ2n) is 4.37. The van der Waals surface area contributed by atoms with E-state index in [9.17, 15) is 4.79 Å². The molecule has 1 unspecified atom stereocenters. The second kappa shape index (κ2) is 7.63. The average molecular weight is 250 g/mol. The van der Waals surface area contributed by atoms with Crippen molar-refractivity contribution < 1.29 is 4.79 Å². The zero-order valence-electron chi connectivity index (χ0n) is 11.4. The summed E-state index contributed by atoms with van der Waals surface area (Å²) in [4.78, 5) is 11.8. The molecule has 0 aliphatic carbocycles. The molecule has 0 bridgehead atoms. The van der Waals surface area contributed by atoms with Crippen LogP contribution in [0, 0.1) is 0 Å². The van der Waals surface area contributed by atoms with Gasteiger partial charge in [-0.25, -0.2) is 0 Å². The number of hydrogen-bond donors (Lipinski definition) is 2. The molecule has 0 spiro atoms. The first-order valence-electron chi connectivity index (χ1n) is 6.55. The number of nitrogens with zero attached hydrogens (tertiary/aromatic N) is 2. The number of anilines is 1. The largest absolute Gasteiger partial charge is 0.369 e. The molecule has 1 amide bonds. The Labute approximate surface area is 108 Å². The summed E-state index contributed by atoms with van der Waals surface area (Å²) in [6, 6.07) is 3.63. The normalized spacial score (nSPS) is 11.9. The van der Waals surface area contributed by atoms with Gasteiger partial charge in [0.1, 0.15) is 5.82 Å². The SMILES string of the molecule is CCCCNc1ccc(C(=O)NC(C)CC)nn1. The van der Waals surface area contributed by atoms with Gasteiger partial charge in [-0.3, -0.25) is 4.79 Å². The van der Waals surface area contributed by atoms with E-state index in [1.54, 1.807) is 12.1 Å². The molecule has 1 aromatic rings. The lowest BCUT2D eigenvalue weighted by Crippen LogP contribution is -2.32. The van der Waals surface area contributed by atoms with E-state index < -0.39 is 0 Å². The average Bonchev–Trinajstić information content (AvgIpc) is 2.39. The molecule has 5 nitrogen and oxygen atoms in total. The summed E-state index contributed by atoms with van der Waals surface area (Å²) in [7, 11) is 0. The highest BCUT2D eigenvalue weighted by Gasteiger charge is 2.10. The standard InChI is InChI=1S/C13H22N4O/c1-4-6-9-14-12-8-7-11(16-17-12)13(18)15-10(3)5-2/h7-8,10H,4-6,9H2,1-3H3,(H,14,17)(H,15,18). The third kappa shape index (κ3) is 4.69. The van der Waals surface area contributed by atoms with Gasteiger partial charge in [0.05, 0.1) is 0 Å². The molecule has 1 aromatic heterocycles. The molecule has 100 valence electrons. The van der Waals surface area contributed by atoms with Crippen LogP contribution < -0.4 is 10.6 Å². The molecular formula is C13H22N4O. The molecule has 1 rings (SSSR count). The number of amides is 1. The third-order valence-electron chi connectivity index (χ3n) is 2.72. The first-order valence-corrected chi connectivity index (χ1v) is 6.55. The van der Waals surface area contributed by atoms with Gasteiger partial charge in [0.15, 0.2) is 5.69 Å². The number of carbonyl (C=O) groups is 1. The molecule has 18 heavy (non-hydrogen) atoms. The molecule has 0 aromatic carbocycles. The van der Waals surface area contributed by atoms with Crippen LogP contribution in [0.3, 0.4) is 0 Å². The second-order valence-corrected chi connectivity index (χ2v) is 4.37.